The number of carbonyl (C=O) groups is 1. The molecule has 0 radical (unpaired) electrons. The number of nitriles is 1. The third kappa shape index (κ3) is 3.65. The van der Waals surface area contributed by atoms with Crippen molar-refractivity contribution >= 4 is 11.7 Å². The number of benzene rings is 1. The Kier molecular flexibility index (Phi) is 5.28. The number of aliphatic hydroxyl groups is 1. The van der Waals surface area contributed by atoms with E-state index < -0.39 is 35.4 Å². The Morgan fingerprint density at radius 2 is 1.98 bits per heavy atom. The smallest absolute Gasteiger partial charge is 0.387 e. The first-order valence-corrected chi connectivity index (χ1v) is 13.0. The molecule has 1 amide bonds. The summed E-state index contributed by atoms with van der Waals surface area (Å²) in [5, 5.41) is 19.9. The lowest BCUT2D eigenvalue weighted by Crippen LogP contribution is -2.52. The highest BCUT2D eigenvalue weighted by Gasteiger charge is 2.55. The van der Waals surface area contributed by atoms with Crippen molar-refractivity contribution in [2.45, 2.75) is 55.8 Å². The lowest BCUT2D eigenvalue weighted by atomic mass is 9.59. The predicted octanol–water partition coefficient (Wildman–Crippen LogP) is 4.50. The van der Waals surface area contributed by atoms with Crippen LogP contribution in [-0.4, -0.2) is 54.5 Å². The summed E-state index contributed by atoms with van der Waals surface area (Å²) in [6, 6.07) is 7.55. The van der Waals surface area contributed by atoms with E-state index in [0.29, 0.717) is 40.3 Å². The van der Waals surface area contributed by atoms with Gasteiger partial charge in [-0.25, -0.2) is 14.4 Å². The number of amides is 1. The van der Waals surface area contributed by atoms with Gasteiger partial charge in [-0.15, -0.1) is 0 Å². The Morgan fingerprint density at radius 3 is 2.66 bits per heavy atom. The SMILES string of the molecule is CN1C(=O)c2cccc(OC(F)F)c2C2CC1c1nc3ncc(-c4cnc(C5(C#N)CC(C)(O)C5)c(F)c4)cn3c12. The highest BCUT2D eigenvalue weighted by atomic mass is 19.3. The highest BCUT2D eigenvalue weighted by molar-refractivity contribution is 5.98. The fourth-order valence-corrected chi connectivity index (χ4v) is 6.87. The van der Waals surface area contributed by atoms with Crippen LogP contribution in [0.2, 0.25) is 0 Å². The molecular formula is C29H23F3N6O3. The first-order valence-electron chi connectivity index (χ1n) is 13.0. The summed E-state index contributed by atoms with van der Waals surface area (Å²) in [5.41, 5.74) is 0.639. The number of imidazole rings is 1. The second-order valence-electron chi connectivity index (χ2n) is 11.3. The molecule has 7 rings (SSSR count). The molecular weight excluding hydrogens is 537 g/mol. The molecule has 1 fully saturated rings. The molecule has 0 spiro atoms. The third-order valence-electron chi connectivity index (χ3n) is 8.51. The Bertz CT molecular complexity index is 1810. The predicted molar refractivity (Wildman–Crippen MR) is 138 cm³/mol. The van der Waals surface area contributed by atoms with Crippen molar-refractivity contribution in [2.75, 3.05) is 7.05 Å². The number of ether oxygens (including phenoxy) is 1. The normalized spacial score (nSPS) is 26.4. The highest BCUT2D eigenvalue weighted by Crippen LogP contribution is 2.53. The largest absolute Gasteiger partial charge is 0.434 e. The Labute approximate surface area is 231 Å². The van der Waals surface area contributed by atoms with Crippen LogP contribution in [0.3, 0.4) is 0 Å². The molecule has 2 bridgehead atoms. The molecule has 4 aromatic rings. The lowest BCUT2D eigenvalue weighted by Gasteiger charge is -2.46. The van der Waals surface area contributed by atoms with E-state index in [1.807, 2.05) is 0 Å². The van der Waals surface area contributed by atoms with Crippen LogP contribution in [0, 0.1) is 17.1 Å². The standard InChI is InChI=1S/C29H23F3N6O3/c1-28(40)11-29(12-28,13-33)24-18(30)6-14(8-34-24)15-9-35-27-36-22-19-7-17(23(22)38(27)10-15)21-16(25(39)37(19)2)4-3-5-20(21)41-26(31)32/h3-6,8-10,17,19,26,40H,7,11-12H2,1-2H3. The Hall–Kier alpha value is -4.50. The van der Waals surface area contributed by atoms with Gasteiger partial charge in [0.2, 0.25) is 5.78 Å². The maximum Gasteiger partial charge on any atom is 0.387 e. The number of aromatic nitrogens is 4. The monoisotopic (exact) mass is 560 g/mol. The van der Waals surface area contributed by atoms with E-state index in [-0.39, 0.29) is 35.8 Å². The van der Waals surface area contributed by atoms with E-state index in [4.69, 9.17) is 4.74 Å². The van der Waals surface area contributed by atoms with Gasteiger partial charge in [-0.05, 0) is 31.5 Å². The second-order valence-corrected chi connectivity index (χ2v) is 11.3. The fraction of sp³-hybridized carbons (Fsp3) is 0.345. The number of pyridine rings is 1. The van der Waals surface area contributed by atoms with Crippen molar-refractivity contribution in [3.63, 3.8) is 0 Å². The maximum absolute atomic E-state index is 15.3. The molecule has 3 aliphatic rings. The van der Waals surface area contributed by atoms with Crippen LogP contribution in [0.1, 0.15) is 71.1 Å². The molecule has 3 aromatic heterocycles. The van der Waals surface area contributed by atoms with Gasteiger partial charge in [-0.2, -0.15) is 14.0 Å². The molecule has 2 aliphatic carbocycles. The van der Waals surface area contributed by atoms with Crippen LogP contribution >= 0.6 is 0 Å². The molecule has 208 valence electrons. The van der Waals surface area contributed by atoms with Gasteiger partial charge in [0.15, 0.2) is 0 Å². The van der Waals surface area contributed by atoms with Crippen LogP contribution in [0.4, 0.5) is 13.2 Å². The van der Waals surface area contributed by atoms with Crippen LogP contribution in [0.15, 0.2) is 42.9 Å². The molecule has 41 heavy (non-hydrogen) atoms. The van der Waals surface area contributed by atoms with Gasteiger partial charge < -0.3 is 14.7 Å². The van der Waals surface area contributed by atoms with Crippen molar-refractivity contribution < 1.29 is 27.8 Å². The zero-order chi connectivity index (χ0) is 28.8. The van der Waals surface area contributed by atoms with Gasteiger partial charge in [-0.1, -0.05) is 6.07 Å². The second kappa shape index (κ2) is 8.50. The summed E-state index contributed by atoms with van der Waals surface area (Å²) in [6.45, 7) is -1.47. The van der Waals surface area contributed by atoms with Crippen molar-refractivity contribution in [2.24, 2.45) is 0 Å². The van der Waals surface area contributed by atoms with Gasteiger partial charge in [0, 0.05) is 66.7 Å². The molecule has 1 aromatic carbocycles. The van der Waals surface area contributed by atoms with Crippen molar-refractivity contribution in [1.29, 1.82) is 5.26 Å². The zero-order valence-electron chi connectivity index (χ0n) is 22.0. The zero-order valence-corrected chi connectivity index (χ0v) is 22.0. The van der Waals surface area contributed by atoms with E-state index >= 15 is 4.39 Å². The van der Waals surface area contributed by atoms with E-state index in [9.17, 15) is 23.9 Å². The van der Waals surface area contributed by atoms with Gasteiger partial charge in [-0.3, -0.25) is 14.2 Å². The van der Waals surface area contributed by atoms with Crippen molar-refractivity contribution in [1.82, 2.24) is 24.3 Å². The van der Waals surface area contributed by atoms with E-state index in [2.05, 4.69) is 21.0 Å². The topological polar surface area (TPSA) is 117 Å². The average molecular weight is 561 g/mol. The lowest BCUT2D eigenvalue weighted by molar-refractivity contribution is -0.0579. The third-order valence-corrected chi connectivity index (χ3v) is 8.51. The summed E-state index contributed by atoms with van der Waals surface area (Å²) in [6.07, 6.45) is 5.32. The van der Waals surface area contributed by atoms with Crippen LogP contribution in [0.5, 0.6) is 5.75 Å². The number of fused-ring (bicyclic) bond motifs is 9. The van der Waals surface area contributed by atoms with Crippen molar-refractivity contribution in [3.8, 4) is 22.9 Å². The minimum Gasteiger partial charge on any atom is -0.434 e. The Morgan fingerprint density at radius 1 is 1.22 bits per heavy atom. The summed E-state index contributed by atoms with van der Waals surface area (Å²) in [5.74, 6) is -1.19. The molecule has 1 N–H and O–H groups in total. The molecule has 4 heterocycles. The average Bonchev–Trinajstić information content (AvgIpc) is 3.44. The summed E-state index contributed by atoms with van der Waals surface area (Å²) >= 11 is 0. The number of alkyl halides is 2. The van der Waals surface area contributed by atoms with Gasteiger partial charge >= 0.3 is 6.61 Å². The van der Waals surface area contributed by atoms with E-state index in [1.165, 1.54) is 30.6 Å². The van der Waals surface area contributed by atoms with Crippen LogP contribution in [0.25, 0.3) is 16.9 Å². The van der Waals surface area contributed by atoms with Crippen LogP contribution in [-0.2, 0) is 5.41 Å². The number of hydrogen-bond acceptors (Lipinski definition) is 7. The molecule has 1 saturated carbocycles. The number of carbonyl (C=O) groups excluding carboxylic acids is 1. The maximum atomic E-state index is 15.3. The minimum atomic E-state index is -3.07. The number of halogens is 3. The molecule has 9 nitrogen and oxygen atoms in total. The molecule has 2 atom stereocenters. The number of rotatable bonds is 4. The molecule has 12 heteroatoms. The summed E-state index contributed by atoms with van der Waals surface area (Å²) in [4.78, 5) is 28.3. The van der Waals surface area contributed by atoms with Crippen molar-refractivity contribution in [3.05, 3.63) is 76.9 Å². The Balaban J connectivity index is 1.34. The first kappa shape index (κ1) is 25.5. The molecule has 0 saturated heterocycles. The fourth-order valence-electron chi connectivity index (χ4n) is 6.87. The summed E-state index contributed by atoms with van der Waals surface area (Å²) < 4.78 is 48.6. The number of hydrogen-bond donors (Lipinski definition) is 1. The quantitative estimate of drug-likeness (QED) is 0.391. The summed E-state index contributed by atoms with van der Waals surface area (Å²) in [7, 11) is 1.66. The van der Waals surface area contributed by atoms with E-state index in [0.717, 1.165) is 0 Å². The molecule has 2 unspecified atom stereocenters. The van der Waals surface area contributed by atoms with Gasteiger partial charge in [0.05, 0.1) is 34.8 Å². The van der Waals surface area contributed by atoms with Crippen LogP contribution < -0.4 is 4.74 Å². The minimum absolute atomic E-state index is 0.00578. The number of nitrogens with zero attached hydrogens (tertiary/aromatic N) is 6. The first-order chi connectivity index (χ1) is 19.5. The van der Waals surface area contributed by atoms with E-state index in [1.54, 1.807) is 35.5 Å². The van der Waals surface area contributed by atoms with Gasteiger partial charge in [0.25, 0.3) is 5.91 Å². The molecule has 1 aliphatic heterocycles. The van der Waals surface area contributed by atoms with Gasteiger partial charge in [0.1, 0.15) is 17.0 Å².